The van der Waals surface area contributed by atoms with Crippen molar-refractivity contribution in [2.75, 3.05) is 19.8 Å². The third-order valence-corrected chi connectivity index (χ3v) is 1.35. The Kier molecular flexibility index (Phi) is 7.89. The van der Waals surface area contributed by atoms with Crippen molar-refractivity contribution in [1.29, 1.82) is 0 Å². The molecule has 68 valence electrons. The fourth-order valence-electron chi connectivity index (χ4n) is 0.774. The molecule has 0 rings (SSSR count). The Morgan fingerprint density at radius 3 is 2.73 bits per heavy atom. The van der Waals surface area contributed by atoms with E-state index in [9.17, 15) is 5.11 Å². The molecular weight excluding hydrogens is 144 g/mol. The van der Waals surface area contributed by atoms with Gasteiger partial charge >= 0.3 is 0 Å². The van der Waals surface area contributed by atoms with E-state index in [1.807, 2.05) is 6.92 Å². The molecule has 0 amide bonds. The number of rotatable bonds is 7. The lowest BCUT2D eigenvalue weighted by Gasteiger charge is -2.09. The van der Waals surface area contributed by atoms with Crippen LogP contribution in [-0.2, 0) is 4.74 Å². The first-order valence-electron chi connectivity index (χ1n) is 4.18. The van der Waals surface area contributed by atoms with Crippen LogP contribution in [0.15, 0.2) is 0 Å². The largest absolute Gasteiger partial charge is 0.396 e. The second-order valence-corrected chi connectivity index (χ2v) is 2.59. The van der Waals surface area contributed by atoms with Crippen LogP contribution in [0.3, 0.4) is 0 Å². The van der Waals surface area contributed by atoms with Crippen molar-refractivity contribution in [3.8, 4) is 0 Å². The van der Waals surface area contributed by atoms with Gasteiger partial charge in [0.05, 0.1) is 12.7 Å². The van der Waals surface area contributed by atoms with Gasteiger partial charge in [-0.3, -0.25) is 0 Å². The summed E-state index contributed by atoms with van der Waals surface area (Å²) < 4.78 is 5.11. The van der Waals surface area contributed by atoms with Crippen molar-refractivity contribution in [2.45, 2.75) is 32.3 Å². The van der Waals surface area contributed by atoms with Crippen molar-refractivity contribution >= 4 is 0 Å². The zero-order valence-corrected chi connectivity index (χ0v) is 7.12. The maximum atomic E-state index is 9.17. The summed E-state index contributed by atoms with van der Waals surface area (Å²) in [4.78, 5) is 0. The van der Waals surface area contributed by atoms with E-state index in [0.717, 1.165) is 6.42 Å². The minimum Gasteiger partial charge on any atom is -0.396 e. The number of aliphatic hydroxyl groups excluding tert-OH is 2. The zero-order chi connectivity index (χ0) is 8.53. The SMILES string of the molecule is CCCOCC(O)CCCO. The number of hydrogen-bond donors (Lipinski definition) is 2. The number of ether oxygens (including phenoxy) is 1. The molecule has 0 bridgehead atoms. The minimum atomic E-state index is -0.409. The topological polar surface area (TPSA) is 49.7 Å². The Bertz CT molecular complexity index is 75.7. The second kappa shape index (κ2) is 7.98. The standard InChI is InChI=1S/C8H18O3/c1-2-6-11-7-8(10)4-3-5-9/h8-10H,2-7H2,1H3. The fourth-order valence-corrected chi connectivity index (χ4v) is 0.774. The molecule has 2 N–H and O–H groups in total. The number of aliphatic hydroxyl groups is 2. The predicted octanol–water partition coefficient (Wildman–Crippen LogP) is 0.546. The average molecular weight is 162 g/mol. The first kappa shape index (κ1) is 10.9. The van der Waals surface area contributed by atoms with Crippen molar-refractivity contribution in [2.24, 2.45) is 0 Å². The molecule has 0 aliphatic carbocycles. The maximum absolute atomic E-state index is 9.17. The molecule has 0 heterocycles. The summed E-state index contributed by atoms with van der Waals surface area (Å²) in [6.07, 6.45) is 1.84. The van der Waals surface area contributed by atoms with Gasteiger partial charge in [0.25, 0.3) is 0 Å². The fraction of sp³-hybridized carbons (Fsp3) is 1.00. The normalized spacial score (nSPS) is 13.4. The summed E-state index contributed by atoms with van der Waals surface area (Å²) in [5.74, 6) is 0. The van der Waals surface area contributed by atoms with E-state index < -0.39 is 6.10 Å². The smallest absolute Gasteiger partial charge is 0.0774 e. The van der Waals surface area contributed by atoms with Gasteiger partial charge in [0, 0.05) is 13.2 Å². The molecule has 3 nitrogen and oxygen atoms in total. The van der Waals surface area contributed by atoms with Gasteiger partial charge in [-0.1, -0.05) is 6.92 Å². The van der Waals surface area contributed by atoms with Gasteiger partial charge in [-0.2, -0.15) is 0 Å². The highest BCUT2D eigenvalue weighted by Gasteiger charge is 2.02. The minimum absolute atomic E-state index is 0.144. The van der Waals surface area contributed by atoms with Gasteiger partial charge in [0.15, 0.2) is 0 Å². The van der Waals surface area contributed by atoms with Gasteiger partial charge in [-0.15, -0.1) is 0 Å². The van der Waals surface area contributed by atoms with Gasteiger partial charge in [0.1, 0.15) is 0 Å². The van der Waals surface area contributed by atoms with E-state index >= 15 is 0 Å². The molecule has 0 saturated carbocycles. The molecule has 0 aliphatic heterocycles. The van der Waals surface area contributed by atoms with Crippen LogP contribution in [0.1, 0.15) is 26.2 Å². The van der Waals surface area contributed by atoms with E-state index in [-0.39, 0.29) is 6.61 Å². The first-order valence-corrected chi connectivity index (χ1v) is 4.18. The summed E-state index contributed by atoms with van der Waals surface area (Å²) in [5.41, 5.74) is 0. The summed E-state index contributed by atoms with van der Waals surface area (Å²) in [6, 6.07) is 0. The molecule has 0 radical (unpaired) electrons. The van der Waals surface area contributed by atoms with Gasteiger partial charge in [0.2, 0.25) is 0 Å². The number of hydrogen-bond acceptors (Lipinski definition) is 3. The molecule has 0 spiro atoms. The van der Waals surface area contributed by atoms with Crippen molar-refractivity contribution in [1.82, 2.24) is 0 Å². The Balaban J connectivity index is 3.02. The summed E-state index contributed by atoms with van der Waals surface area (Å²) >= 11 is 0. The Labute approximate surface area is 68.0 Å². The zero-order valence-electron chi connectivity index (χ0n) is 7.12. The quantitative estimate of drug-likeness (QED) is 0.537. The Morgan fingerprint density at radius 2 is 2.18 bits per heavy atom. The molecule has 1 unspecified atom stereocenters. The highest BCUT2D eigenvalue weighted by molar-refractivity contribution is 4.52. The van der Waals surface area contributed by atoms with E-state index in [2.05, 4.69) is 0 Å². The van der Waals surface area contributed by atoms with Gasteiger partial charge in [-0.05, 0) is 19.3 Å². The monoisotopic (exact) mass is 162 g/mol. The molecule has 0 aromatic heterocycles. The molecule has 1 atom stereocenters. The van der Waals surface area contributed by atoms with Crippen LogP contribution < -0.4 is 0 Å². The average Bonchev–Trinajstić information content (AvgIpc) is 2.01. The van der Waals surface area contributed by atoms with Gasteiger partial charge < -0.3 is 14.9 Å². The Hall–Kier alpha value is -0.120. The molecule has 0 aromatic carbocycles. The molecule has 0 aromatic rings. The van der Waals surface area contributed by atoms with E-state index in [1.54, 1.807) is 0 Å². The van der Waals surface area contributed by atoms with Crippen LogP contribution in [0.4, 0.5) is 0 Å². The lowest BCUT2D eigenvalue weighted by Crippen LogP contribution is -2.15. The molecule has 0 saturated heterocycles. The molecule has 3 heteroatoms. The molecule has 11 heavy (non-hydrogen) atoms. The molecule has 0 aliphatic rings. The Morgan fingerprint density at radius 1 is 1.45 bits per heavy atom. The lowest BCUT2D eigenvalue weighted by atomic mass is 10.2. The second-order valence-electron chi connectivity index (χ2n) is 2.59. The highest BCUT2D eigenvalue weighted by Crippen LogP contribution is 1.96. The molecule has 0 fully saturated rings. The van der Waals surface area contributed by atoms with Crippen LogP contribution in [-0.4, -0.2) is 36.1 Å². The third-order valence-electron chi connectivity index (χ3n) is 1.35. The summed E-state index contributed by atoms with van der Waals surface area (Å²) in [5, 5.41) is 17.6. The lowest BCUT2D eigenvalue weighted by molar-refractivity contribution is 0.0296. The van der Waals surface area contributed by atoms with Crippen LogP contribution in [0.2, 0.25) is 0 Å². The maximum Gasteiger partial charge on any atom is 0.0774 e. The van der Waals surface area contributed by atoms with Crippen LogP contribution in [0.5, 0.6) is 0 Å². The van der Waals surface area contributed by atoms with Crippen LogP contribution in [0.25, 0.3) is 0 Å². The third kappa shape index (κ3) is 7.78. The summed E-state index contributed by atoms with van der Waals surface area (Å²) in [6.45, 7) is 3.27. The molecular formula is C8H18O3. The van der Waals surface area contributed by atoms with E-state index in [1.165, 1.54) is 0 Å². The van der Waals surface area contributed by atoms with E-state index in [4.69, 9.17) is 9.84 Å². The van der Waals surface area contributed by atoms with Crippen molar-refractivity contribution in [3.63, 3.8) is 0 Å². The van der Waals surface area contributed by atoms with Crippen LogP contribution in [0, 0.1) is 0 Å². The highest BCUT2D eigenvalue weighted by atomic mass is 16.5. The van der Waals surface area contributed by atoms with E-state index in [0.29, 0.717) is 26.1 Å². The van der Waals surface area contributed by atoms with Gasteiger partial charge in [-0.25, -0.2) is 0 Å². The summed E-state index contributed by atoms with van der Waals surface area (Å²) in [7, 11) is 0. The van der Waals surface area contributed by atoms with Crippen molar-refractivity contribution < 1.29 is 14.9 Å². The predicted molar refractivity (Wildman–Crippen MR) is 43.4 cm³/mol. The van der Waals surface area contributed by atoms with Crippen molar-refractivity contribution in [3.05, 3.63) is 0 Å². The first-order chi connectivity index (χ1) is 5.31. The van der Waals surface area contributed by atoms with Crippen LogP contribution >= 0.6 is 0 Å².